The third-order valence-electron chi connectivity index (χ3n) is 3.19. The van der Waals surface area contributed by atoms with Crippen LogP contribution < -0.4 is 10.1 Å². The average molecular weight is 328 g/mol. The van der Waals surface area contributed by atoms with Crippen LogP contribution in [0.1, 0.15) is 24.1 Å². The third kappa shape index (κ3) is 3.67. The van der Waals surface area contributed by atoms with E-state index in [9.17, 15) is 4.39 Å². The smallest absolute Gasteiger partial charge is 0.137 e. The van der Waals surface area contributed by atoms with E-state index in [1.807, 2.05) is 13.0 Å². The van der Waals surface area contributed by atoms with Gasteiger partial charge in [0.1, 0.15) is 11.6 Å². The summed E-state index contributed by atoms with van der Waals surface area (Å²) < 4.78 is 19.3. The highest BCUT2D eigenvalue weighted by Crippen LogP contribution is 2.32. The number of benzene rings is 2. The molecule has 112 valence electrons. The van der Waals surface area contributed by atoms with Crippen molar-refractivity contribution in [1.82, 2.24) is 5.32 Å². The zero-order valence-corrected chi connectivity index (χ0v) is 13.3. The molecule has 0 fully saturated rings. The molecule has 1 atom stereocenters. The van der Waals surface area contributed by atoms with Crippen LogP contribution in [-0.2, 0) is 0 Å². The summed E-state index contributed by atoms with van der Waals surface area (Å²) in [5, 5.41) is 4.23. The van der Waals surface area contributed by atoms with Crippen LogP contribution in [0.2, 0.25) is 10.0 Å². The Morgan fingerprint density at radius 2 is 1.95 bits per heavy atom. The summed E-state index contributed by atoms with van der Waals surface area (Å²) in [6.07, 6.45) is 0. The number of hydrogen-bond donors (Lipinski definition) is 1. The van der Waals surface area contributed by atoms with Crippen molar-refractivity contribution in [2.24, 2.45) is 0 Å². The standard InChI is InChI=1S/C16H16Cl2FNO/c1-3-20-16(12-9-11(17)5-6-14(12)19)10-4-7-15(21-2)13(18)8-10/h4-9,16,20H,3H2,1-2H3. The Morgan fingerprint density at radius 3 is 2.57 bits per heavy atom. The maximum atomic E-state index is 14.1. The molecule has 2 nitrogen and oxygen atoms in total. The van der Waals surface area contributed by atoms with E-state index in [1.54, 1.807) is 25.3 Å². The zero-order chi connectivity index (χ0) is 15.4. The summed E-state index contributed by atoms with van der Waals surface area (Å²) >= 11 is 12.1. The fourth-order valence-electron chi connectivity index (χ4n) is 2.21. The monoisotopic (exact) mass is 327 g/mol. The molecule has 0 radical (unpaired) electrons. The molecule has 0 spiro atoms. The molecule has 0 aliphatic heterocycles. The van der Waals surface area contributed by atoms with Crippen LogP contribution in [0.25, 0.3) is 0 Å². The third-order valence-corrected chi connectivity index (χ3v) is 3.72. The molecule has 0 aromatic heterocycles. The van der Waals surface area contributed by atoms with Crippen molar-refractivity contribution in [2.75, 3.05) is 13.7 Å². The van der Waals surface area contributed by atoms with Crippen LogP contribution in [0.5, 0.6) is 5.75 Å². The van der Waals surface area contributed by atoms with Crippen LogP contribution in [0.3, 0.4) is 0 Å². The van der Waals surface area contributed by atoms with Crippen LogP contribution >= 0.6 is 23.2 Å². The minimum atomic E-state index is -0.322. The maximum absolute atomic E-state index is 14.1. The molecule has 1 unspecified atom stereocenters. The lowest BCUT2D eigenvalue weighted by atomic mass is 9.98. The molecule has 2 aromatic carbocycles. The number of methoxy groups -OCH3 is 1. The SMILES string of the molecule is CCNC(c1ccc(OC)c(Cl)c1)c1cc(Cl)ccc1F. The quantitative estimate of drug-likeness (QED) is 0.848. The van der Waals surface area contributed by atoms with E-state index in [0.29, 0.717) is 27.9 Å². The summed E-state index contributed by atoms with van der Waals surface area (Å²) in [6, 6.07) is 9.61. The summed E-state index contributed by atoms with van der Waals surface area (Å²) in [5.41, 5.74) is 1.34. The van der Waals surface area contributed by atoms with Gasteiger partial charge in [0.25, 0.3) is 0 Å². The number of halogens is 3. The van der Waals surface area contributed by atoms with Gasteiger partial charge in [-0.1, -0.05) is 36.2 Å². The van der Waals surface area contributed by atoms with E-state index in [-0.39, 0.29) is 11.9 Å². The topological polar surface area (TPSA) is 21.3 Å². The van der Waals surface area contributed by atoms with Gasteiger partial charge in [0.2, 0.25) is 0 Å². The predicted octanol–water partition coefficient (Wildman–Crippen LogP) is 4.84. The van der Waals surface area contributed by atoms with Crippen molar-refractivity contribution in [3.63, 3.8) is 0 Å². The van der Waals surface area contributed by atoms with Gasteiger partial charge in [-0.25, -0.2) is 4.39 Å². The van der Waals surface area contributed by atoms with Gasteiger partial charge in [0.15, 0.2) is 0 Å². The molecular weight excluding hydrogens is 312 g/mol. The van der Waals surface area contributed by atoms with Crippen LogP contribution in [-0.4, -0.2) is 13.7 Å². The van der Waals surface area contributed by atoms with Crippen LogP contribution in [0, 0.1) is 5.82 Å². The molecule has 5 heteroatoms. The first-order valence-electron chi connectivity index (χ1n) is 6.58. The van der Waals surface area contributed by atoms with E-state index < -0.39 is 0 Å². The largest absolute Gasteiger partial charge is 0.495 e. The summed E-state index contributed by atoms with van der Waals surface area (Å²) in [5.74, 6) is 0.277. The van der Waals surface area contributed by atoms with Gasteiger partial charge in [0.05, 0.1) is 18.2 Å². The highest BCUT2D eigenvalue weighted by molar-refractivity contribution is 6.32. The molecule has 21 heavy (non-hydrogen) atoms. The normalized spacial score (nSPS) is 12.2. The molecule has 0 bridgehead atoms. The van der Waals surface area contributed by atoms with E-state index in [0.717, 1.165) is 5.56 Å². The molecule has 0 saturated carbocycles. The van der Waals surface area contributed by atoms with Crippen LogP contribution in [0.4, 0.5) is 4.39 Å². The average Bonchev–Trinajstić information content (AvgIpc) is 2.47. The molecule has 2 aromatic rings. The Kier molecular flexibility index (Phi) is 5.45. The van der Waals surface area contributed by atoms with E-state index in [2.05, 4.69) is 5.32 Å². The first-order valence-corrected chi connectivity index (χ1v) is 7.34. The van der Waals surface area contributed by atoms with E-state index in [4.69, 9.17) is 27.9 Å². The van der Waals surface area contributed by atoms with Crippen molar-refractivity contribution in [3.8, 4) is 5.75 Å². The maximum Gasteiger partial charge on any atom is 0.137 e. The predicted molar refractivity (Wildman–Crippen MR) is 84.9 cm³/mol. The van der Waals surface area contributed by atoms with Crippen molar-refractivity contribution >= 4 is 23.2 Å². The summed E-state index contributed by atoms with van der Waals surface area (Å²) in [7, 11) is 1.55. The first-order chi connectivity index (χ1) is 10.1. The molecule has 0 aliphatic rings. The van der Waals surface area contributed by atoms with Gasteiger partial charge in [-0.15, -0.1) is 0 Å². The summed E-state index contributed by atoms with van der Waals surface area (Å²) in [4.78, 5) is 0. The van der Waals surface area contributed by atoms with Gasteiger partial charge >= 0.3 is 0 Å². The lowest BCUT2D eigenvalue weighted by molar-refractivity contribution is 0.414. The lowest BCUT2D eigenvalue weighted by Gasteiger charge is -2.20. The van der Waals surface area contributed by atoms with Crippen molar-refractivity contribution < 1.29 is 9.13 Å². The van der Waals surface area contributed by atoms with Crippen molar-refractivity contribution in [2.45, 2.75) is 13.0 Å². The molecule has 2 rings (SSSR count). The minimum Gasteiger partial charge on any atom is -0.495 e. The van der Waals surface area contributed by atoms with Gasteiger partial charge in [0, 0.05) is 10.6 Å². The van der Waals surface area contributed by atoms with Gasteiger partial charge in [-0.3, -0.25) is 0 Å². The molecule has 1 N–H and O–H groups in total. The Labute approximate surface area is 133 Å². The van der Waals surface area contributed by atoms with Crippen molar-refractivity contribution in [3.05, 3.63) is 63.4 Å². The Hall–Kier alpha value is -1.29. The Bertz CT molecular complexity index is 634. The highest BCUT2D eigenvalue weighted by atomic mass is 35.5. The van der Waals surface area contributed by atoms with E-state index >= 15 is 0 Å². The van der Waals surface area contributed by atoms with Crippen molar-refractivity contribution in [1.29, 1.82) is 0 Å². The van der Waals surface area contributed by atoms with Gasteiger partial charge in [-0.05, 0) is 42.4 Å². The first kappa shape index (κ1) is 16.1. The number of ether oxygens (including phenoxy) is 1. The fourth-order valence-corrected chi connectivity index (χ4v) is 2.66. The summed E-state index contributed by atoms with van der Waals surface area (Å²) in [6.45, 7) is 2.64. The second-order valence-corrected chi connectivity index (χ2v) is 5.39. The molecule has 0 amide bonds. The van der Waals surface area contributed by atoms with E-state index in [1.165, 1.54) is 12.1 Å². The fraction of sp³-hybridized carbons (Fsp3) is 0.250. The number of hydrogen-bond acceptors (Lipinski definition) is 2. The molecule has 0 heterocycles. The lowest BCUT2D eigenvalue weighted by Crippen LogP contribution is -2.23. The molecular formula is C16H16Cl2FNO. The molecule has 0 aliphatic carbocycles. The highest BCUT2D eigenvalue weighted by Gasteiger charge is 2.18. The minimum absolute atomic E-state index is 0.308. The van der Waals surface area contributed by atoms with Gasteiger partial charge < -0.3 is 10.1 Å². The second kappa shape index (κ2) is 7.12. The zero-order valence-electron chi connectivity index (χ0n) is 11.8. The van der Waals surface area contributed by atoms with Gasteiger partial charge in [-0.2, -0.15) is 0 Å². The molecule has 0 saturated heterocycles. The number of nitrogens with one attached hydrogen (secondary N) is 1. The van der Waals surface area contributed by atoms with Crippen LogP contribution in [0.15, 0.2) is 36.4 Å². The number of rotatable bonds is 5. The second-order valence-electron chi connectivity index (χ2n) is 4.55. The Morgan fingerprint density at radius 1 is 1.19 bits per heavy atom. The Balaban J connectivity index is 2.48.